The Morgan fingerprint density at radius 1 is 0.303 bits per heavy atom. The summed E-state index contributed by atoms with van der Waals surface area (Å²) in [7, 11) is 0. The van der Waals surface area contributed by atoms with E-state index in [1.165, 1.54) is 153 Å². The molecule has 0 saturated carbocycles. The maximum atomic E-state index is 2.48. The van der Waals surface area contributed by atoms with E-state index in [1.54, 1.807) is 0 Å². The van der Waals surface area contributed by atoms with Crippen molar-refractivity contribution in [2.24, 2.45) is 0 Å². The molecule has 3 heterocycles. The molecule has 332 valence electrons. The van der Waals surface area contributed by atoms with E-state index >= 15 is 0 Å². The molecular weight excluding hydrogens is 799 g/mol. The summed E-state index contributed by atoms with van der Waals surface area (Å²) in [6.45, 7) is 20.7. The fraction of sp³-hybridized carbons (Fsp3) is 0.238. The SMILES string of the molecule is CCCCc1ccc(-n2c3ccc(C)cc3c3cc(C)ccc32)cc1.CCCCn1c2ccc(C)cc2c2cc(C)ccc21.Cc1ccc(-n2c3ccc(C)cc3c3cc(C)ccc32)cc1. The number of rotatable bonds is 8. The van der Waals surface area contributed by atoms with Gasteiger partial charge in [-0.2, -0.15) is 0 Å². The molecule has 0 aliphatic heterocycles. The van der Waals surface area contributed by atoms with Crippen LogP contribution in [0.4, 0.5) is 0 Å². The minimum Gasteiger partial charge on any atom is -0.340 e. The molecule has 66 heavy (non-hydrogen) atoms. The van der Waals surface area contributed by atoms with E-state index in [9.17, 15) is 0 Å². The first-order valence-electron chi connectivity index (χ1n) is 24.2. The number of hydrogen-bond acceptors (Lipinski definition) is 0. The van der Waals surface area contributed by atoms with Gasteiger partial charge in [0.05, 0.1) is 22.1 Å². The number of hydrogen-bond donors (Lipinski definition) is 0. The van der Waals surface area contributed by atoms with Crippen molar-refractivity contribution in [2.75, 3.05) is 0 Å². The van der Waals surface area contributed by atoms with Crippen LogP contribution in [0.1, 0.15) is 84.0 Å². The van der Waals surface area contributed by atoms with Crippen molar-refractivity contribution in [3.05, 3.63) is 202 Å². The van der Waals surface area contributed by atoms with Crippen LogP contribution in [0.5, 0.6) is 0 Å². The molecule has 0 atom stereocenters. The lowest BCUT2D eigenvalue weighted by molar-refractivity contribution is 0.665. The van der Waals surface area contributed by atoms with Crippen molar-refractivity contribution >= 4 is 65.4 Å². The Hall–Kier alpha value is -6.84. The van der Waals surface area contributed by atoms with E-state index in [2.05, 4.69) is 234 Å². The third-order valence-corrected chi connectivity index (χ3v) is 13.4. The number of unbranched alkanes of at least 4 members (excludes halogenated alkanes) is 2. The Morgan fingerprint density at radius 2 is 0.591 bits per heavy atom. The predicted molar refractivity (Wildman–Crippen MR) is 288 cm³/mol. The lowest BCUT2D eigenvalue weighted by atomic mass is 10.1. The zero-order chi connectivity index (χ0) is 46.1. The van der Waals surface area contributed by atoms with E-state index < -0.39 is 0 Å². The first-order chi connectivity index (χ1) is 32.0. The monoisotopic (exact) mass is 864 g/mol. The minimum absolute atomic E-state index is 1.11. The van der Waals surface area contributed by atoms with Crippen LogP contribution in [0.3, 0.4) is 0 Å². The number of aryl methyl sites for hydroxylation is 9. The maximum Gasteiger partial charge on any atom is 0.0541 e. The van der Waals surface area contributed by atoms with Gasteiger partial charge >= 0.3 is 0 Å². The molecule has 0 N–H and O–H groups in total. The van der Waals surface area contributed by atoms with Gasteiger partial charge in [-0.1, -0.05) is 126 Å². The summed E-state index contributed by atoms with van der Waals surface area (Å²) in [5, 5.41) is 8.14. The largest absolute Gasteiger partial charge is 0.340 e. The lowest BCUT2D eigenvalue weighted by Crippen LogP contribution is -1.96. The molecule has 0 fully saturated rings. The van der Waals surface area contributed by atoms with E-state index in [0.717, 1.165) is 6.54 Å². The summed E-state index contributed by atoms with van der Waals surface area (Å²) in [5.74, 6) is 0. The average molecular weight is 864 g/mol. The highest BCUT2D eigenvalue weighted by Gasteiger charge is 2.15. The Kier molecular flexibility index (Phi) is 12.7. The van der Waals surface area contributed by atoms with Crippen molar-refractivity contribution in [3.8, 4) is 11.4 Å². The van der Waals surface area contributed by atoms with Crippen LogP contribution < -0.4 is 0 Å². The molecule has 0 aliphatic rings. The molecule has 11 aromatic rings. The van der Waals surface area contributed by atoms with Gasteiger partial charge in [0, 0.05) is 61.3 Å². The third-order valence-electron chi connectivity index (χ3n) is 13.4. The van der Waals surface area contributed by atoms with Crippen molar-refractivity contribution in [2.45, 2.75) is 101 Å². The van der Waals surface area contributed by atoms with Gasteiger partial charge in [0.2, 0.25) is 0 Å². The quantitative estimate of drug-likeness (QED) is 0.145. The Balaban J connectivity index is 0.000000126. The molecule has 0 amide bonds. The second-order valence-corrected chi connectivity index (χ2v) is 18.9. The zero-order valence-corrected chi connectivity index (χ0v) is 40.6. The van der Waals surface area contributed by atoms with Gasteiger partial charge in [-0.15, -0.1) is 0 Å². The first kappa shape index (κ1) is 44.4. The molecule has 0 radical (unpaired) electrons. The van der Waals surface area contributed by atoms with Gasteiger partial charge in [0.25, 0.3) is 0 Å². The Morgan fingerprint density at radius 3 is 0.924 bits per heavy atom. The highest BCUT2D eigenvalue weighted by molar-refractivity contribution is 6.11. The smallest absolute Gasteiger partial charge is 0.0541 e. The molecule has 8 aromatic carbocycles. The predicted octanol–water partition coefficient (Wildman–Crippen LogP) is 17.7. The van der Waals surface area contributed by atoms with E-state index in [0.29, 0.717) is 0 Å². The summed E-state index contributed by atoms with van der Waals surface area (Å²) >= 11 is 0. The number of nitrogens with zero attached hydrogens (tertiary/aromatic N) is 3. The normalized spacial score (nSPS) is 11.5. The molecule has 3 nitrogen and oxygen atoms in total. The standard InChI is InChI=1S/C24H25N.C21H19N.C18H21N/c1-4-5-6-19-9-11-20(12-10-19)25-23-13-7-17(2)15-21(23)22-16-18(3)8-14-24(22)25;1-14-4-8-17(9-5-14)22-20-10-6-15(2)12-18(20)19-13-16(3)7-11-21(19)22;1-4-5-10-19-17-8-6-13(2)11-15(17)16-12-14(3)7-9-18(16)19/h7-16H,4-6H2,1-3H3;4-13H,1-3H3;6-9,11-12H,4-5,10H2,1-3H3. The summed E-state index contributed by atoms with van der Waals surface area (Å²) in [4.78, 5) is 0. The first-order valence-corrected chi connectivity index (χ1v) is 24.2. The van der Waals surface area contributed by atoms with Crippen LogP contribution in [-0.2, 0) is 13.0 Å². The second-order valence-electron chi connectivity index (χ2n) is 18.9. The molecule has 0 unspecified atom stereocenters. The Labute approximate surface area is 391 Å². The fourth-order valence-corrected chi connectivity index (χ4v) is 9.83. The number of aromatic nitrogens is 3. The van der Waals surface area contributed by atoms with Crippen molar-refractivity contribution in [3.63, 3.8) is 0 Å². The third kappa shape index (κ3) is 8.80. The van der Waals surface area contributed by atoms with Crippen LogP contribution in [0.2, 0.25) is 0 Å². The van der Waals surface area contributed by atoms with Gasteiger partial charge in [-0.05, 0) is 170 Å². The van der Waals surface area contributed by atoms with Gasteiger partial charge in [0.15, 0.2) is 0 Å². The highest BCUT2D eigenvalue weighted by Crippen LogP contribution is 2.36. The van der Waals surface area contributed by atoms with Gasteiger partial charge in [-0.25, -0.2) is 0 Å². The van der Waals surface area contributed by atoms with E-state index in [-0.39, 0.29) is 0 Å². The molecule has 3 aromatic heterocycles. The lowest BCUT2D eigenvalue weighted by Gasteiger charge is -2.09. The molecule has 3 heteroatoms. The average Bonchev–Trinajstić information content (AvgIpc) is 3.92. The zero-order valence-electron chi connectivity index (χ0n) is 40.6. The molecule has 0 aliphatic carbocycles. The molecule has 11 rings (SSSR count). The molecule has 0 bridgehead atoms. The van der Waals surface area contributed by atoms with Crippen LogP contribution >= 0.6 is 0 Å². The van der Waals surface area contributed by atoms with Crippen LogP contribution in [0, 0.1) is 48.5 Å². The number of fused-ring (bicyclic) bond motifs is 9. The number of benzene rings is 8. The fourth-order valence-electron chi connectivity index (χ4n) is 9.83. The van der Waals surface area contributed by atoms with E-state index in [4.69, 9.17) is 0 Å². The summed E-state index contributed by atoms with van der Waals surface area (Å²) in [6, 6.07) is 58.5. The molecule has 0 spiro atoms. The summed E-state index contributed by atoms with van der Waals surface area (Å²) < 4.78 is 7.24. The maximum absolute atomic E-state index is 2.48. The van der Waals surface area contributed by atoms with Crippen molar-refractivity contribution < 1.29 is 0 Å². The molecule has 0 saturated heterocycles. The second kappa shape index (κ2) is 18.9. The van der Waals surface area contributed by atoms with Crippen LogP contribution in [-0.4, -0.2) is 13.7 Å². The summed E-state index contributed by atoms with van der Waals surface area (Å²) in [6.07, 6.45) is 6.14. The van der Waals surface area contributed by atoms with Crippen LogP contribution in [0.15, 0.2) is 158 Å². The van der Waals surface area contributed by atoms with Crippen molar-refractivity contribution in [1.82, 2.24) is 13.7 Å². The summed E-state index contributed by atoms with van der Waals surface area (Å²) in [5.41, 5.74) is 20.9. The van der Waals surface area contributed by atoms with Gasteiger partial charge in [-0.3, -0.25) is 0 Å². The minimum atomic E-state index is 1.11. The van der Waals surface area contributed by atoms with Gasteiger partial charge in [0.1, 0.15) is 0 Å². The highest BCUT2D eigenvalue weighted by atomic mass is 15.0. The Bertz CT molecular complexity index is 3320. The van der Waals surface area contributed by atoms with Crippen LogP contribution in [0.25, 0.3) is 76.8 Å². The van der Waals surface area contributed by atoms with E-state index in [1.807, 2.05) is 0 Å². The molecular formula is C63H65N3. The topological polar surface area (TPSA) is 14.8 Å². The van der Waals surface area contributed by atoms with Crippen molar-refractivity contribution in [1.29, 1.82) is 0 Å². The van der Waals surface area contributed by atoms with Gasteiger partial charge < -0.3 is 13.7 Å².